The minimum atomic E-state index is 0.376. The monoisotopic (exact) mass is 240 g/mol. The largest absolute Gasteiger partial charge is 0.329 e. The Labute approximate surface area is 103 Å². The number of benzene rings is 1. The number of aryl methyl sites for hydroxylation is 1. The highest BCUT2D eigenvalue weighted by molar-refractivity contribution is 6.31. The molecule has 1 aromatic carbocycles. The summed E-state index contributed by atoms with van der Waals surface area (Å²) in [5.41, 5.74) is 8.21. The van der Waals surface area contributed by atoms with E-state index in [9.17, 15) is 0 Å². The lowest BCUT2D eigenvalue weighted by Gasteiger charge is -2.25. The van der Waals surface area contributed by atoms with Gasteiger partial charge in [0.2, 0.25) is 0 Å². The van der Waals surface area contributed by atoms with Crippen LogP contribution in [0.4, 0.5) is 0 Å². The van der Waals surface area contributed by atoms with Crippen molar-refractivity contribution < 1.29 is 0 Å². The van der Waals surface area contributed by atoms with E-state index in [1.807, 2.05) is 12.1 Å². The van der Waals surface area contributed by atoms with Gasteiger partial charge in [0.05, 0.1) is 0 Å². The molecule has 90 valence electrons. The van der Waals surface area contributed by atoms with Gasteiger partial charge in [0, 0.05) is 24.2 Å². The van der Waals surface area contributed by atoms with Gasteiger partial charge in [-0.25, -0.2) is 0 Å². The maximum Gasteiger partial charge on any atom is 0.0453 e. The van der Waals surface area contributed by atoms with Gasteiger partial charge < -0.3 is 5.73 Å². The molecule has 2 N–H and O–H groups in total. The van der Waals surface area contributed by atoms with Gasteiger partial charge in [-0.2, -0.15) is 0 Å². The van der Waals surface area contributed by atoms with Crippen molar-refractivity contribution >= 4 is 11.6 Å². The van der Waals surface area contributed by atoms with Crippen molar-refractivity contribution in [3.05, 3.63) is 34.3 Å². The Morgan fingerprint density at radius 1 is 1.44 bits per heavy atom. The summed E-state index contributed by atoms with van der Waals surface area (Å²) in [5, 5.41) is 0.857. The Hall–Kier alpha value is -0.570. The number of hydrogen-bond acceptors (Lipinski definition) is 2. The van der Waals surface area contributed by atoms with Crippen LogP contribution in [0.1, 0.15) is 25.0 Å². The summed E-state index contributed by atoms with van der Waals surface area (Å²) in [6, 6.07) is 6.48. The standard InChI is InChI=1S/C13H21ClN2/c1-4-11-6-5-7-13(14)12(11)9-16(3)10(2)8-15/h5-7,10H,4,8-9,15H2,1-3H3. The second kappa shape index (κ2) is 6.24. The van der Waals surface area contributed by atoms with Gasteiger partial charge in [0.25, 0.3) is 0 Å². The third-order valence-corrected chi connectivity index (χ3v) is 3.45. The smallest absolute Gasteiger partial charge is 0.0453 e. The molecule has 16 heavy (non-hydrogen) atoms. The highest BCUT2D eigenvalue weighted by Gasteiger charge is 2.12. The average molecular weight is 241 g/mol. The summed E-state index contributed by atoms with van der Waals surface area (Å²) in [7, 11) is 2.08. The molecule has 0 saturated carbocycles. The van der Waals surface area contributed by atoms with E-state index >= 15 is 0 Å². The molecule has 0 fully saturated rings. The molecular formula is C13H21ClN2. The van der Waals surface area contributed by atoms with Gasteiger partial charge >= 0.3 is 0 Å². The van der Waals surface area contributed by atoms with E-state index in [0.29, 0.717) is 12.6 Å². The van der Waals surface area contributed by atoms with Gasteiger partial charge in [-0.1, -0.05) is 30.7 Å². The lowest BCUT2D eigenvalue weighted by molar-refractivity contribution is 0.254. The first kappa shape index (κ1) is 13.5. The summed E-state index contributed by atoms with van der Waals surface area (Å²) >= 11 is 6.24. The summed E-state index contributed by atoms with van der Waals surface area (Å²) in [5.74, 6) is 0. The van der Waals surface area contributed by atoms with Crippen molar-refractivity contribution in [1.82, 2.24) is 4.90 Å². The fraction of sp³-hybridized carbons (Fsp3) is 0.538. The fourth-order valence-electron chi connectivity index (χ4n) is 1.70. The molecular weight excluding hydrogens is 220 g/mol. The molecule has 1 unspecified atom stereocenters. The Morgan fingerprint density at radius 2 is 2.12 bits per heavy atom. The molecule has 1 rings (SSSR count). The minimum absolute atomic E-state index is 0.376. The van der Waals surface area contributed by atoms with E-state index < -0.39 is 0 Å². The lowest BCUT2D eigenvalue weighted by atomic mass is 10.0. The highest BCUT2D eigenvalue weighted by Crippen LogP contribution is 2.22. The number of hydrogen-bond donors (Lipinski definition) is 1. The van der Waals surface area contributed by atoms with Crippen molar-refractivity contribution in [1.29, 1.82) is 0 Å². The van der Waals surface area contributed by atoms with Crippen LogP contribution in [0.25, 0.3) is 0 Å². The van der Waals surface area contributed by atoms with Gasteiger partial charge in [-0.15, -0.1) is 0 Å². The van der Waals surface area contributed by atoms with Gasteiger partial charge in [0.15, 0.2) is 0 Å². The zero-order valence-electron chi connectivity index (χ0n) is 10.3. The molecule has 0 aliphatic rings. The molecule has 0 heterocycles. The van der Waals surface area contributed by atoms with Crippen molar-refractivity contribution in [2.75, 3.05) is 13.6 Å². The van der Waals surface area contributed by atoms with Crippen LogP contribution in [0.2, 0.25) is 5.02 Å². The summed E-state index contributed by atoms with van der Waals surface area (Å²) in [6.45, 7) is 5.81. The van der Waals surface area contributed by atoms with Crippen LogP contribution in [0.5, 0.6) is 0 Å². The SMILES string of the molecule is CCc1cccc(Cl)c1CN(C)C(C)CN. The van der Waals surface area contributed by atoms with E-state index in [2.05, 4.69) is 31.9 Å². The van der Waals surface area contributed by atoms with Crippen molar-refractivity contribution in [2.45, 2.75) is 32.9 Å². The first-order chi connectivity index (χ1) is 7.60. The molecule has 0 aliphatic carbocycles. The zero-order valence-corrected chi connectivity index (χ0v) is 11.1. The Bertz CT molecular complexity index is 339. The summed E-state index contributed by atoms with van der Waals surface area (Å²) < 4.78 is 0. The van der Waals surface area contributed by atoms with Crippen LogP contribution in [0.15, 0.2) is 18.2 Å². The van der Waals surface area contributed by atoms with Crippen LogP contribution < -0.4 is 5.73 Å². The van der Waals surface area contributed by atoms with Gasteiger partial charge in [-0.05, 0) is 37.6 Å². The number of nitrogens with zero attached hydrogens (tertiary/aromatic N) is 1. The molecule has 0 amide bonds. The predicted molar refractivity (Wildman–Crippen MR) is 70.8 cm³/mol. The molecule has 0 bridgehead atoms. The Balaban J connectivity index is 2.87. The summed E-state index contributed by atoms with van der Waals surface area (Å²) in [4.78, 5) is 2.24. The van der Waals surface area contributed by atoms with Crippen LogP contribution in [-0.2, 0) is 13.0 Å². The lowest BCUT2D eigenvalue weighted by Crippen LogP contribution is -2.35. The van der Waals surface area contributed by atoms with Crippen molar-refractivity contribution in [3.8, 4) is 0 Å². The van der Waals surface area contributed by atoms with E-state index in [1.165, 1.54) is 11.1 Å². The van der Waals surface area contributed by atoms with Crippen LogP contribution in [0.3, 0.4) is 0 Å². The van der Waals surface area contributed by atoms with Crippen molar-refractivity contribution in [3.63, 3.8) is 0 Å². The third kappa shape index (κ3) is 3.21. The van der Waals surface area contributed by atoms with Crippen molar-refractivity contribution in [2.24, 2.45) is 5.73 Å². The molecule has 2 nitrogen and oxygen atoms in total. The highest BCUT2D eigenvalue weighted by atomic mass is 35.5. The van der Waals surface area contributed by atoms with Gasteiger partial charge in [0.1, 0.15) is 0 Å². The second-order valence-corrected chi connectivity index (χ2v) is 4.64. The molecule has 3 heteroatoms. The number of nitrogens with two attached hydrogens (primary N) is 1. The molecule has 0 aromatic heterocycles. The zero-order chi connectivity index (χ0) is 12.1. The number of likely N-dealkylation sites (N-methyl/N-ethyl adjacent to an activating group) is 1. The number of rotatable bonds is 5. The van der Waals surface area contributed by atoms with E-state index in [1.54, 1.807) is 0 Å². The quantitative estimate of drug-likeness (QED) is 0.858. The maximum atomic E-state index is 6.24. The first-order valence-electron chi connectivity index (χ1n) is 5.76. The van der Waals surface area contributed by atoms with Crippen LogP contribution in [-0.4, -0.2) is 24.5 Å². The van der Waals surface area contributed by atoms with Crippen LogP contribution in [0, 0.1) is 0 Å². The second-order valence-electron chi connectivity index (χ2n) is 4.23. The molecule has 1 atom stereocenters. The average Bonchev–Trinajstić information content (AvgIpc) is 2.30. The van der Waals surface area contributed by atoms with Crippen LogP contribution >= 0.6 is 11.6 Å². The Kier molecular flexibility index (Phi) is 5.26. The fourth-order valence-corrected chi connectivity index (χ4v) is 1.95. The topological polar surface area (TPSA) is 29.3 Å². The van der Waals surface area contributed by atoms with Gasteiger partial charge in [-0.3, -0.25) is 4.90 Å². The predicted octanol–water partition coefficient (Wildman–Crippen LogP) is 2.68. The molecule has 1 aromatic rings. The molecule has 0 aliphatic heterocycles. The normalized spacial score (nSPS) is 13.1. The van der Waals surface area contributed by atoms with E-state index in [4.69, 9.17) is 17.3 Å². The summed E-state index contributed by atoms with van der Waals surface area (Å²) in [6.07, 6.45) is 1.01. The first-order valence-corrected chi connectivity index (χ1v) is 6.14. The van der Waals surface area contributed by atoms with E-state index in [0.717, 1.165) is 18.0 Å². The molecule has 0 radical (unpaired) electrons. The minimum Gasteiger partial charge on any atom is -0.329 e. The maximum absolute atomic E-state index is 6.24. The van der Waals surface area contributed by atoms with E-state index in [-0.39, 0.29) is 0 Å². The Morgan fingerprint density at radius 3 is 2.69 bits per heavy atom. The molecule has 0 spiro atoms. The third-order valence-electron chi connectivity index (χ3n) is 3.10. The molecule has 0 saturated heterocycles. The number of halogens is 1.